The minimum absolute atomic E-state index is 0.212. The minimum atomic E-state index is -3.78. The summed E-state index contributed by atoms with van der Waals surface area (Å²) in [4.78, 5) is 11.1. The predicted molar refractivity (Wildman–Crippen MR) is 138 cm³/mol. The Balaban J connectivity index is 1.51. The quantitative estimate of drug-likeness (QED) is 0.458. The molecule has 0 spiro atoms. The van der Waals surface area contributed by atoms with Crippen molar-refractivity contribution in [2.75, 3.05) is 37.2 Å². The number of nitrogens with zero attached hydrogens (tertiary/aromatic N) is 4. The van der Waals surface area contributed by atoms with Gasteiger partial charge in [-0.15, -0.1) is 0 Å². The zero-order valence-corrected chi connectivity index (χ0v) is 22.0. The van der Waals surface area contributed by atoms with E-state index in [2.05, 4.69) is 14.9 Å². The molecular weight excluding hydrogens is 486 g/mol. The molecule has 1 N–H and O–H groups in total. The summed E-state index contributed by atoms with van der Waals surface area (Å²) in [7, 11) is -2.86. The standard InChI is InChI=1S/C24H33N5O4S2/c1-18-4-10-21(11-5-18)35(31,32)29-13-12-22-23(26-17-27-24(22)29)28(2)20-8-6-19(7-9-20)16-34(25,30)15-14-33-3/h4-5,10-13,17,19-20,25H,6-9,14-16H2,1-3H3. The lowest BCUT2D eigenvalue weighted by molar-refractivity contribution is 0.217. The normalized spacial score (nSPS) is 20.5. The van der Waals surface area contributed by atoms with Crippen LogP contribution < -0.4 is 4.90 Å². The highest BCUT2D eigenvalue weighted by molar-refractivity contribution is 7.92. The van der Waals surface area contributed by atoms with Crippen LogP contribution in [0.1, 0.15) is 31.2 Å². The molecule has 9 nitrogen and oxygen atoms in total. The summed E-state index contributed by atoms with van der Waals surface area (Å²) in [5.74, 6) is 1.67. The fraction of sp³-hybridized carbons (Fsp3) is 0.500. The van der Waals surface area contributed by atoms with Gasteiger partial charge >= 0.3 is 0 Å². The van der Waals surface area contributed by atoms with Crippen molar-refractivity contribution in [3.8, 4) is 0 Å². The maximum atomic E-state index is 13.3. The molecule has 0 amide bonds. The van der Waals surface area contributed by atoms with Gasteiger partial charge in [0.05, 0.1) is 22.6 Å². The van der Waals surface area contributed by atoms with E-state index >= 15 is 0 Å². The van der Waals surface area contributed by atoms with Gasteiger partial charge in [0.25, 0.3) is 10.0 Å². The zero-order chi connectivity index (χ0) is 25.2. The molecule has 1 aliphatic carbocycles. The Bertz CT molecular complexity index is 1380. The van der Waals surface area contributed by atoms with Gasteiger partial charge < -0.3 is 9.64 Å². The Morgan fingerprint density at radius 2 is 1.77 bits per heavy atom. The molecule has 2 aromatic heterocycles. The molecule has 2 heterocycles. The average molecular weight is 520 g/mol. The maximum Gasteiger partial charge on any atom is 0.269 e. The Morgan fingerprint density at radius 1 is 1.09 bits per heavy atom. The average Bonchev–Trinajstić information content (AvgIpc) is 3.28. The fourth-order valence-corrected chi connectivity index (χ4v) is 7.77. The van der Waals surface area contributed by atoms with Crippen molar-refractivity contribution >= 4 is 36.6 Å². The van der Waals surface area contributed by atoms with E-state index in [1.807, 2.05) is 14.0 Å². The first-order valence-electron chi connectivity index (χ1n) is 11.7. The highest BCUT2D eigenvalue weighted by atomic mass is 32.2. The van der Waals surface area contributed by atoms with Gasteiger partial charge in [0, 0.05) is 41.9 Å². The van der Waals surface area contributed by atoms with Gasteiger partial charge in [-0.05, 0) is 56.7 Å². The molecule has 1 saturated carbocycles. The number of aryl methyl sites for hydroxylation is 1. The third-order valence-electron chi connectivity index (χ3n) is 6.83. The van der Waals surface area contributed by atoms with Crippen LogP contribution in [0.25, 0.3) is 11.0 Å². The molecule has 0 saturated heterocycles. The minimum Gasteiger partial charge on any atom is -0.384 e. The third kappa shape index (κ3) is 5.52. The summed E-state index contributed by atoms with van der Waals surface area (Å²) in [6.45, 7) is 2.26. The van der Waals surface area contributed by atoms with E-state index in [1.165, 1.54) is 16.5 Å². The molecule has 35 heavy (non-hydrogen) atoms. The summed E-state index contributed by atoms with van der Waals surface area (Å²) in [6.07, 6.45) is 6.53. The molecule has 1 fully saturated rings. The Morgan fingerprint density at radius 3 is 2.43 bits per heavy atom. The Hall–Kier alpha value is -2.50. The maximum absolute atomic E-state index is 13.3. The monoisotopic (exact) mass is 519 g/mol. The Kier molecular flexibility index (Phi) is 7.48. The van der Waals surface area contributed by atoms with E-state index in [1.54, 1.807) is 37.4 Å². The molecule has 0 bridgehead atoms. The van der Waals surface area contributed by atoms with Crippen molar-refractivity contribution in [3.63, 3.8) is 0 Å². The van der Waals surface area contributed by atoms with Gasteiger partial charge in [-0.3, -0.25) is 4.78 Å². The number of ether oxygens (including phenoxy) is 1. The zero-order valence-electron chi connectivity index (χ0n) is 20.4. The van der Waals surface area contributed by atoms with E-state index in [-0.39, 0.29) is 22.6 Å². The molecule has 0 radical (unpaired) electrons. The lowest BCUT2D eigenvalue weighted by Crippen LogP contribution is -2.37. The summed E-state index contributed by atoms with van der Waals surface area (Å²) < 4.78 is 53.4. The number of anilines is 1. The van der Waals surface area contributed by atoms with Crippen LogP contribution in [0.4, 0.5) is 5.82 Å². The number of fused-ring (bicyclic) bond motifs is 1. The van der Waals surface area contributed by atoms with Crippen molar-refractivity contribution in [1.29, 1.82) is 4.78 Å². The van der Waals surface area contributed by atoms with Crippen LogP contribution in [-0.4, -0.2) is 64.9 Å². The van der Waals surface area contributed by atoms with Gasteiger partial charge in [0.2, 0.25) is 0 Å². The van der Waals surface area contributed by atoms with E-state index in [4.69, 9.17) is 9.52 Å². The highest BCUT2D eigenvalue weighted by Gasteiger charge is 2.29. The Labute approximate surface area is 207 Å². The number of benzene rings is 1. The van der Waals surface area contributed by atoms with E-state index in [0.717, 1.165) is 31.2 Å². The van der Waals surface area contributed by atoms with Gasteiger partial charge in [-0.2, -0.15) is 0 Å². The number of rotatable bonds is 9. The van der Waals surface area contributed by atoms with Crippen LogP contribution in [0.15, 0.2) is 47.8 Å². The molecule has 0 aliphatic heterocycles. The molecule has 4 rings (SSSR count). The van der Waals surface area contributed by atoms with E-state index in [0.29, 0.717) is 29.2 Å². The summed E-state index contributed by atoms with van der Waals surface area (Å²) in [5, 5.41) is 0.682. The number of hydrogen-bond donors (Lipinski definition) is 1. The molecule has 190 valence electrons. The largest absolute Gasteiger partial charge is 0.384 e. The third-order valence-corrected chi connectivity index (χ3v) is 10.3. The fourth-order valence-electron chi connectivity index (χ4n) is 4.77. The van der Waals surface area contributed by atoms with Gasteiger partial charge in [-0.25, -0.2) is 26.6 Å². The first-order chi connectivity index (χ1) is 16.6. The van der Waals surface area contributed by atoms with Crippen LogP contribution in [0, 0.1) is 17.6 Å². The molecular formula is C24H33N5O4S2. The number of hydrogen-bond acceptors (Lipinski definition) is 8. The van der Waals surface area contributed by atoms with Gasteiger partial charge in [0.15, 0.2) is 5.65 Å². The van der Waals surface area contributed by atoms with Crippen molar-refractivity contribution in [2.45, 2.75) is 43.5 Å². The lowest BCUT2D eigenvalue weighted by Gasteiger charge is -2.35. The first-order valence-corrected chi connectivity index (χ1v) is 15.1. The smallest absolute Gasteiger partial charge is 0.269 e. The van der Waals surface area contributed by atoms with E-state index < -0.39 is 19.8 Å². The van der Waals surface area contributed by atoms with Crippen LogP contribution in [0.3, 0.4) is 0 Å². The van der Waals surface area contributed by atoms with Crippen LogP contribution in [-0.2, 0) is 24.5 Å². The molecule has 1 aromatic carbocycles. The summed E-state index contributed by atoms with van der Waals surface area (Å²) in [6, 6.07) is 8.74. The second-order valence-corrected chi connectivity index (χ2v) is 13.5. The van der Waals surface area contributed by atoms with Crippen molar-refractivity contribution < 1.29 is 17.4 Å². The second-order valence-electron chi connectivity index (χ2n) is 9.33. The van der Waals surface area contributed by atoms with E-state index in [9.17, 15) is 12.6 Å². The van der Waals surface area contributed by atoms with Crippen LogP contribution in [0.2, 0.25) is 0 Å². The summed E-state index contributed by atoms with van der Waals surface area (Å²) >= 11 is 0. The van der Waals surface area contributed by atoms with Gasteiger partial charge in [-0.1, -0.05) is 17.7 Å². The highest BCUT2D eigenvalue weighted by Crippen LogP contribution is 2.33. The number of nitrogens with one attached hydrogen (secondary N) is 1. The van der Waals surface area contributed by atoms with Gasteiger partial charge in [0.1, 0.15) is 12.1 Å². The molecule has 3 aromatic rings. The SMILES string of the molecule is COCCS(=N)(=O)CC1CCC(N(C)c2ncnc3c2ccn3S(=O)(=O)c2ccc(C)cc2)CC1. The second kappa shape index (κ2) is 10.2. The lowest BCUT2D eigenvalue weighted by atomic mass is 9.86. The topological polar surface area (TPSA) is 118 Å². The molecule has 1 aliphatic rings. The van der Waals surface area contributed by atoms with Crippen molar-refractivity contribution in [1.82, 2.24) is 13.9 Å². The first kappa shape index (κ1) is 25.6. The summed E-state index contributed by atoms with van der Waals surface area (Å²) in [5.41, 5.74) is 1.34. The number of methoxy groups -OCH3 is 1. The molecule has 1 unspecified atom stereocenters. The van der Waals surface area contributed by atoms with Crippen molar-refractivity contribution in [3.05, 3.63) is 48.4 Å². The molecule has 11 heteroatoms. The predicted octanol–water partition coefficient (Wildman–Crippen LogP) is 3.66. The van der Waals surface area contributed by atoms with Crippen LogP contribution in [0.5, 0.6) is 0 Å². The molecule has 1 atom stereocenters. The van der Waals surface area contributed by atoms with Crippen LogP contribution >= 0.6 is 0 Å². The van der Waals surface area contributed by atoms with Crippen molar-refractivity contribution in [2.24, 2.45) is 5.92 Å². The number of aromatic nitrogens is 3.